The fourth-order valence-corrected chi connectivity index (χ4v) is 5.09. The molecule has 0 aromatic carbocycles. The van der Waals surface area contributed by atoms with Gasteiger partial charge in [-0.1, -0.05) is 25.0 Å². The van der Waals surface area contributed by atoms with Crippen LogP contribution in [0.3, 0.4) is 0 Å². The summed E-state index contributed by atoms with van der Waals surface area (Å²) in [5.41, 5.74) is 0. The van der Waals surface area contributed by atoms with Crippen LogP contribution in [-0.4, -0.2) is 40.9 Å². The lowest BCUT2D eigenvalue weighted by Gasteiger charge is -2.45. The van der Waals surface area contributed by atoms with E-state index in [9.17, 15) is 9.59 Å². The maximum Gasteiger partial charge on any atom is 0.234 e. The molecule has 1 saturated carbocycles. The van der Waals surface area contributed by atoms with Crippen molar-refractivity contribution >= 4 is 11.8 Å². The second-order valence-electron chi connectivity index (χ2n) is 7.47. The van der Waals surface area contributed by atoms with Gasteiger partial charge in [-0.25, -0.2) is 0 Å². The molecule has 4 rings (SSSR count). The maximum absolute atomic E-state index is 12.6. The first-order valence-corrected chi connectivity index (χ1v) is 9.00. The van der Waals surface area contributed by atoms with E-state index in [-0.39, 0.29) is 23.7 Å². The molecule has 0 bridgehead atoms. The summed E-state index contributed by atoms with van der Waals surface area (Å²) in [6.45, 7) is 1.59. The zero-order chi connectivity index (χ0) is 15.1. The molecule has 0 spiro atoms. The predicted octanol–water partition coefficient (Wildman–Crippen LogP) is 2.55. The van der Waals surface area contributed by atoms with Gasteiger partial charge in [-0.3, -0.25) is 19.4 Å². The standard InChI is InChI=1S/C18H26N2O2/c21-17-14-8-2-3-9-15(14)18(22)20(17)12-19-11-5-7-13-6-1-4-10-16(13)19/h2-3,13-16H,1,4-12H2/t13-,14-,15+,16+/m1/s1. The van der Waals surface area contributed by atoms with E-state index in [0.717, 1.165) is 25.3 Å². The van der Waals surface area contributed by atoms with Crippen molar-refractivity contribution in [2.45, 2.75) is 57.4 Å². The van der Waals surface area contributed by atoms with E-state index in [4.69, 9.17) is 0 Å². The van der Waals surface area contributed by atoms with Gasteiger partial charge in [0.25, 0.3) is 0 Å². The van der Waals surface area contributed by atoms with E-state index in [0.29, 0.717) is 12.7 Å². The zero-order valence-electron chi connectivity index (χ0n) is 13.2. The fraction of sp³-hybridized carbons (Fsp3) is 0.778. The molecule has 0 aromatic heterocycles. The molecule has 4 nitrogen and oxygen atoms in total. The highest BCUT2D eigenvalue weighted by molar-refractivity contribution is 6.05. The summed E-state index contributed by atoms with van der Waals surface area (Å²) in [6.07, 6.45) is 13.4. The first-order chi connectivity index (χ1) is 10.8. The summed E-state index contributed by atoms with van der Waals surface area (Å²) in [7, 11) is 0. The molecule has 2 heterocycles. The minimum atomic E-state index is -0.0792. The van der Waals surface area contributed by atoms with Gasteiger partial charge in [-0.05, 0) is 44.4 Å². The van der Waals surface area contributed by atoms with Crippen molar-refractivity contribution in [3.63, 3.8) is 0 Å². The Hall–Kier alpha value is -1.16. The molecule has 2 amide bonds. The van der Waals surface area contributed by atoms with Crippen LogP contribution in [0.5, 0.6) is 0 Å². The second kappa shape index (κ2) is 5.80. The number of hydrogen-bond acceptors (Lipinski definition) is 3. The van der Waals surface area contributed by atoms with Gasteiger partial charge in [0.1, 0.15) is 0 Å². The Morgan fingerprint density at radius 2 is 1.55 bits per heavy atom. The number of nitrogens with zero attached hydrogens (tertiary/aromatic N) is 2. The van der Waals surface area contributed by atoms with Crippen molar-refractivity contribution < 1.29 is 9.59 Å². The lowest BCUT2D eigenvalue weighted by molar-refractivity contribution is -0.144. The van der Waals surface area contributed by atoms with Crippen LogP contribution in [0, 0.1) is 17.8 Å². The molecule has 4 atom stereocenters. The van der Waals surface area contributed by atoms with Crippen molar-refractivity contribution in [3.05, 3.63) is 12.2 Å². The summed E-state index contributed by atoms with van der Waals surface area (Å²) in [6, 6.07) is 0.601. The third kappa shape index (κ3) is 2.32. The lowest BCUT2D eigenvalue weighted by atomic mass is 9.78. The molecule has 2 saturated heterocycles. The number of rotatable bonds is 2. The molecule has 120 valence electrons. The van der Waals surface area contributed by atoms with Gasteiger partial charge in [0.05, 0.1) is 18.5 Å². The van der Waals surface area contributed by atoms with E-state index in [1.165, 1.54) is 38.5 Å². The number of piperidine rings is 1. The maximum atomic E-state index is 12.6. The highest BCUT2D eigenvalue weighted by Gasteiger charge is 2.48. The SMILES string of the molecule is O=C1[C@H]2CC=CC[C@H]2C(=O)N1CN1CCC[C@H]2CCCC[C@@H]21. The number of carbonyl (C=O) groups is 2. The Kier molecular flexibility index (Phi) is 3.81. The van der Waals surface area contributed by atoms with Crippen molar-refractivity contribution in [2.24, 2.45) is 17.8 Å². The Labute approximate surface area is 132 Å². The molecular weight excluding hydrogens is 276 g/mol. The van der Waals surface area contributed by atoms with E-state index in [1.807, 2.05) is 0 Å². The Morgan fingerprint density at radius 3 is 2.27 bits per heavy atom. The van der Waals surface area contributed by atoms with Crippen LogP contribution in [0.25, 0.3) is 0 Å². The number of hydrogen-bond donors (Lipinski definition) is 0. The van der Waals surface area contributed by atoms with Gasteiger partial charge < -0.3 is 0 Å². The molecule has 4 heteroatoms. The first-order valence-electron chi connectivity index (χ1n) is 9.00. The predicted molar refractivity (Wildman–Crippen MR) is 83.8 cm³/mol. The molecule has 0 radical (unpaired) electrons. The van der Waals surface area contributed by atoms with Crippen LogP contribution in [0.15, 0.2) is 12.2 Å². The number of allylic oxidation sites excluding steroid dienone is 2. The van der Waals surface area contributed by atoms with E-state index in [1.54, 1.807) is 4.90 Å². The summed E-state index contributed by atoms with van der Waals surface area (Å²) in [5.74, 6) is 0.794. The van der Waals surface area contributed by atoms with Crippen molar-refractivity contribution in [1.82, 2.24) is 9.80 Å². The van der Waals surface area contributed by atoms with Gasteiger partial charge in [0.2, 0.25) is 11.8 Å². The van der Waals surface area contributed by atoms with Crippen molar-refractivity contribution in [1.29, 1.82) is 0 Å². The monoisotopic (exact) mass is 302 g/mol. The number of amides is 2. The van der Waals surface area contributed by atoms with Crippen LogP contribution in [0.1, 0.15) is 51.4 Å². The third-order valence-corrected chi connectivity index (χ3v) is 6.28. The number of imide groups is 1. The van der Waals surface area contributed by atoms with E-state index < -0.39 is 0 Å². The summed E-state index contributed by atoms with van der Waals surface area (Å²) in [4.78, 5) is 29.3. The highest BCUT2D eigenvalue weighted by Crippen LogP contribution is 2.38. The molecule has 0 N–H and O–H groups in total. The van der Waals surface area contributed by atoms with Crippen molar-refractivity contribution in [3.8, 4) is 0 Å². The van der Waals surface area contributed by atoms with Crippen LogP contribution >= 0.6 is 0 Å². The molecule has 2 aliphatic carbocycles. The topological polar surface area (TPSA) is 40.6 Å². The molecule has 0 aromatic rings. The minimum Gasteiger partial charge on any atom is -0.282 e. The van der Waals surface area contributed by atoms with Gasteiger partial charge in [0.15, 0.2) is 0 Å². The molecule has 22 heavy (non-hydrogen) atoms. The normalized spacial score (nSPS) is 39.0. The number of fused-ring (bicyclic) bond motifs is 2. The van der Waals surface area contributed by atoms with Crippen molar-refractivity contribution in [2.75, 3.05) is 13.2 Å². The average molecular weight is 302 g/mol. The molecular formula is C18H26N2O2. The molecule has 3 fully saturated rings. The largest absolute Gasteiger partial charge is 0.282 e. The van der Waals surface area contributed by atoms with Gasteiger partial charge in [-0.2, -0.15) is 0 Å². The van der Waals surface area contributed by atoms with Gasteiger partial charge in [-0.15, -0.1) is 0 Å². The zero-order valence-corrected chi connectivity index (χ0v) is 13.2. The van der Waals surface area contributed by atoms with E-state index >= 15 is 0 Å². The average Bonchev–Trinajstić information content (AvgIpc) is 2.81. The highest BCUT2D eigenvalue weighted by atomic mass is 16.2. The van der Waals surface area contributed by atoms with Crippen LogP contribution < -0.4 is 0 Å². The smallest absolute Gasteiger partial charge is 0.234 e. The number of carbonyl (C=O) groups excluding carboxylic acids is 2. The lowest BCUT2D eigenvalue weighted by Crippen LogP contribution is -2.52. The number of likely N-dealkylation sites (tertiary alicyclic amines) is 2. The van der Waals surface area contributed by atoms with E-state index in [2.05, 4.69) is 17.1 Å². The molecule has 0 unspecified atom stereocenters. The first kappa shape index (κ1) is 14.4. The van der Waals surface area contributed by atoms with Gasteiger partial charge in [0, 0.05) is 12.6 Å². The Morgan fingerprint density at radius 1 is 0.909 bits per heavy atom. The third-order valence-electron chi connectivity index (χ3n) is 6.28. The van der Waals surface area contributed by atoms with Crippen LogP contribution in [0.4, 0.5) is 0 Å². The quantitative estimate of drug-likeness (QED) is 0.581. The Balaban J connectivity index is 1.48. The molecule has 4 aliphatic rings. The summed E-state index contributed by atoms with van der Waals surface area (Å²) in [5, 5.41) is 0. The minimum absolute atomic E-state index is 0.0792. The Bertz CT molecular complexity index is 473. The molecule has 2 aliphatic heterocycles. The van der Waals surface area contributed by atoms with Crippen LogP contribution in [-0.2, 0) is 9.59 Å². The summed E-state index contributed by atoms with van der Waals surface area (Å²) >= 11 is 0. The second-order valence-corrected chi connectivity index (χ2v) is 7.47. The fourth-order valence-electron chi connectivity index (χ4n) is 5.09. The summed E-state index contributed by atoms with van der Waals surface area (Å²) < 4.78 is 0. The van der Waals surface area contributed by atoms with Crippen LogP contribution in [0.2, 0.25) is 0 Å². The van der Waals surface area contributed by atoms with Gasteiger partial charge >= 0.3 is 0 Å².